The van der Waals surface area contributed by atoms with Gasteiger partial charge in [-0.05, 0) is 0 Å². The zero-order valence-electron chi connectivity index (χ0n) is 6.41. The molecule has 0 saturated carbocycles. The molecule has 0 atom stereocenters. The van der Waals surface area contributed by atoms with E-state index < -0.39 is 0 Å². The second-order valence-corrected chi connectivity index (χ2v) is 4.32. The Bertz CT molecular complexity index is 37.7. The van der Waals surface area contributed by atoms with Gasteiger partial charge in [0.25, 0.3) is 0 Å². The molecule has 0 spiro atoms. The summed E-state index contributed by atoms with van der Waals surface area (Å²) >= 11 is 0. The quantitative estimate of drug-likeness (QED) is 0.509. The van der Waals surface area contributed by atoms with Gasteiger partial charge >= 0.3 is 0 Å². The first-order chi connectivity index (χ1) is 3.81. The van der Waals surface area contributed by atoms with E-state index in [9.17, 15) is 0 Å². The summed E-state index contributed by atoms with van der Waals surface area (Å²) in [7, 11) is 1.41. The molecule has 0 fully saturated rings. The van der Waals surface area contributed by atoms with Crippen molar-refractivity contribution in [1.29, 1.82) is 0 Å². The van der Waals surface area contributed by atoms with Crippen LogP contribution in [0.25, 0.3) is 0 Å². The van der Waals surface area contributed by atoms with Crippen molar-refractivity contribution >= 4 is 10.2 Å². The van der Waals surface area contributed by atoms with Crippen LogP contribution in [0.5, 0.6) is 0 Å². The van der Waals surface area contributed by atoms with Gasteiger partial charge in [0.1, 0.15) is 0 Å². The van der Waals surface area contributed by atoms with Crippen molar-refractivity contribution in [3.8, 4) is 0 Å². The first kappa shape index (κ1) is 8.22. The summed E-state index contributed by atoms with van der Waals surface area (Å²) in [5, 5.41) is 0. The Morgan fingerprint density at radius 3 is 1.75 bits per heavy atom. The maximum atomic E-state index is 2.28. The van der Waals surface area contributed by atoms with Gasteiger partial charge in [0.15, 0.2) is 0 Å². The minimum Gasteiger partial charge on any atom is -0.0654 e. The van der Waals surface area contributed by atoms with Crippen LogP contribution < -0.4 is 0 Å². The van der Waals surface area contributed by atoms with Crippen LogP contribution in [-0.2, 0) is 0 Å². The van der Waals surface area contributed by atoms with Crippen molar-refractivity contribution in [1.82, 2.24) is 0 Å². The Labute approximate surface area is 56.1 Å². The summed E-state index contributed by atoms with van der Waals surface area (Å²) in [6, 6.07) is 0. The van der Waals surface area contributed by atoms with Crippen LogP contribution in [0.4, 0.5) is 0 Å². The minimum atomic E-state index is 1.10. The summed E-state index contributed by atoms with van der Waals surface area (Å²) in [5.41, 5.74) is 1.10. The average molecular weight is 130 g/mol. The molecule has 0 aliphatic carbocycles. The predicted molar refractivity (Wildman–Crippen MR) is 43.5 cm³/mol. The van der Waals surface area contributed by atoms with E-state index in [0.717, 1.165) is 5.54 Å². The van der Waals surface area contributed by atoms with Gasteiger partial charge in [0.2, 0.25) is 0 Å². The molecule has 0 rings (SSSR count). The summed E-state index contributed by atoms with van der Waals surface area (Å²) in [6.07, 6.45) is 5.71. The van der Waals surface area contributed by atoms with Gasteiger partial charge in [0, 0.05) is 10.2 Å². The molecule has 0 aliphatic rings. The van der Waals surface area contributed by atoms with Crippen LogP contribution in [0.2, 0.25) is 5.54 Å². The molecule has 8 heavy (non-hydrogen) atoms. The van der Waals surface area contributed by atoms with E-state index in [0.29, 0.717) is 0 Å². The van der Waals surface area contributed by atoms with Gasteiger partial charge in [-0.25, -0.2) is 0 Å². The zero-order chi connectivity index (χ0) is 6.41. The fraction of sp³-hybridized carbons (Fsp3) is 1.00. The molecule has 1 heteroatoms. The van der Waals surface area contributed by atoms with Crippen molar-refractivity contribution in [2.24, 2.45) is 0 Å². The number of hydrogen-bond donors (Lipinski definition) is 0. The van der Waals surface area contributed by atoms with Crippen molar-refractivity contribution in [2.75, 3.05) is 0 Å². The first-order valence-electron chi connectivity index (χ1n) is 3.81. The van der Waals surface area contributed by atoms with E-state index >= 15 is 0 Å². The molecular weight excluding hydrogens is 112 g/mol. The van der Waals surface area contributed by atoms with E-state index in [4.69, 9.17) is 0 Å². The summed E-state index contributed by atoms with van der Waals surface area (Å²) < 4.78 is 0. The monoisotopic (exact) mass is 130 g/mol. The molecule has 0 saturated heterocycles. The number of hydrogen-bond acceptors (Lipinski definition) is 0. The molecule has 0 amide bonds. The highest BCUT2D eigenvalue weighted by molar-refractivity contribution is 6.11. The van der Waals surface area contributed by atoms with E-state index in [-0.39, 0.29) is 0 Å². The van der Waals surface area contributed by atoms with Crippen molar-refractivity contribution in [3.63, 3.8) is 0 Å². The van der Waals surface area contributed by atoms with Crippen molar-refractivity contribution in [2.45, 2.75) is 45.1 Å². The highest BCUT2D eigenvalue weighted by atomic mass is 28.1. The van der Waals surface area contributed by atoms with Gasteiger partial charge in [-0.15, -0.1) is 0 Å². The summed E-state index contributed by atoms with van der Waals surface area (Å²) in [4.78, 5) is 0. The van der Waals surface area contributed by atoms with Crippen LogP contribution in [0.15, 0.2) is 0 Å². The molecular formula is C7H18Si. The predicted octanol–water partition coefficient (Wildman–Crippen LogP) is 1.74. The molecule has 0 aromatic carbocycles. The number of rotatable bonds is 4. The Kier molecular flexibility index (Phi) is 5.50. The van der Waals surface area contributed by atoms with E-state index in [1.807, 2.05) is 0 Å². The molecule has 0 nitrogen and oxygen atoms in total. The van der Waals surface area contributed by atoms with E-state index in [1.165, 1.54) is 35.9 Å². The third-order valence-corrected chi connectivity index (χ3v) is 2.72. The lowest BCUT2D eigenvalue weighted by Gasteiger charge is -2.05. The highest BCUT2D eigenvalue weighted by Crippen LogP contribution is 2.14. The van der Waals surface area contributed by atoms with Crippen molar-refractivity contribution < 1.29 is 0 Å². The van der Waals surface area contributed by atoms with E-state index in [2.05, 4.69) is 13.8 Å². The van der Waals surface area contributed by atoms with Crippen LogP contribution in [0, 0.1) is 0 Å². The second kappa shape index (κ2) is 5.36. The Morgan fingerprint density at radius 1 is 1.12 bits per heavy atom. The van der Waals surface area contributed by atoms with Gasteiger partial charge in [-0.1, -0.05) is 45.1 Å². The maximum Gasteiger partial charge on any atom is 0.00672 e. The fourth-order valence-corrected chi connectivity index (χ4v) is 2.28. The minimum absolute atomic E-state index is 1.10. The smallest absolute Gasteiger partial charge is 0.00672 e. The lowest BCUT2D eigenvalue weighted by Crippen LogP contribution is -1.89. The van der Waals surface area contributed by atoms with Gasteiger partial charge < -0.3 is 0 Å². The normalized spacial score (nSPS) is 10.9. The highest BCUT2D eigenvalue weighted by Gasteiger charge is 1.95. The first-order valence-corrected chi connectivity index (χ1v) is 4.96. The SMILES string of the molecule is CCCC([SiH3])CCC. The van der Waals surface area contributed by atoms with E-state index in [1.54, 1.807) is 0 Å². The largest absolute Gasteiger partial charge is 0.0654 e. The molecule has 0 aromatic rings. The Balaban J connectivity index is 2.92. The van der Waals surface area contributed by atoms with Gasteiger partial charge in [-0.2, -0.15) is 0 Å². The second-order valence-electron chi connectivity index (χ2n) is 2.68. The van der Waals surface area contributed by atoms with Crippen LogP contribution >= 0.6 is 0 Å². The fourth-order valence-electron chi connectivity index (χ4n) is 1.13. The standard InChI is InChI=1S/C7H18Si/c1-3-5-7(8)6-4-2/h7H,3-6H2,1-2,8H3. The molecule has 0 heterocycles. The van der Waals surface area contributed by atoms with Gasteiger partial charge in [-0.3, -0.25) is 0 Å². The Hall–Kier alpha value is 0.217. The molecule has 0 bridgehead atoms. The third-order valence-electron chi connectivity index (χ3n) is 1.56. The molecule has 0 N–H and O–H groups in total. The summed E-state index contributed by atoms with van der Waals surface area (Å²) in [6.45, 7) is 4.56. The average Bonchev–Trinajstić information content (AvgIpc) is 1.68. The van der Waals surface area contributed by atoms with Crippen molar-refractivity contribution in [3.05, 3.63) is 0 Å². The maximum absolute atomic E-state index is 2.28. The summed E-state index contributed by atoms with van der Waals surface area (Å²) in [5.74, 6) is 0. The lowest BCUT2D eigenvalue weighted by atomic mass is 10.1. The third kappa shape index (κ3) is 4.38. The molecule has 50 valence electrons. The topological polar surface area (TPSA) is 0 Å². The molecule has 0 unspecified atom stereocenters. The van der Waals surface area contributed by atoms with Crippen LogP contribution in [0.3, 0.4) is 0 Å². The van der Waals surface area contributed by atoms with Crippen LogP contribution in [0.1, 0.15) is 39.5 Å². The molecule has 0 radical (unpaired) electrons. The van der Waals surface area contributed by atoms with Crippen LogP contribution in [-0.4, -0.2) is 10.2 Å². The zero-order valence-corrected chi connectivity index (χ0v) is 8.41. The van der Waals surface area contributed by atoms with Gasteiger partial charge in [0.05, 0.1) is 0 Å². The molecule has 0 aliphatic heterocycles. The molecule has 0 aromatic heterocycles. The lowest BCUT2D eigenvalue weighted by molar-refractivity contribution is 0.655. The Morgan fingerprint density at radius 2 is 1.50 bits per heavy atom.